The lowest BCUT2D eigenvalue weighted by Crippen LogP contribution is -2.25. The van der Waals surface area contributed by atoms with E-state index >= 15 is 0 Å². The van der Waals surface area contributed by atoms with Crippen LogP contribution in [-0.4, -0.2) is 30.6 Å². The van der Waals surface area contributed by atoms with Crippen LogP contribution >= 0.6 is 0 Å². The first-order valence-electron chi connectivity index (χ1n) is 5.99. The summed E-state index contributed by atoms with van der Waals surface area (Å²) in [7, 11) is 1.15. The zero-order valence-corrected chi connectivity index (χ0v) is 11.8. The van der Waals surface area contributed by atoms with Crippen LogP contribution in [0.25, 0.3) is 0 Å². The largest absolute Gasteiger partial charge is 0.465 e. The van der Waals surface area contributed by atoms with Gasteiger partial charge in [-0.15, -0.1) is 0 Å². The van der Waals surface area contributed by atoms with Crippen molar-refractivity contribution in [2.24, 2.45) is 5.41 Å². The number of benzene rings is 1. The van der Waals surface area contributed by atoms with Gasteiger partial charge in [-0.2, -0.15) is 0 Å². The molecule has 111 valence electrons. The molecule has 0 amide bonds. The minimum atomic E-state index is -1.22. The van der Waals surface area contributed by atoms with E-state index in [9.17, 15) is 24.5 Å². The molecule has 1 aromatic carbocycles. The van der Waals surface area contributed by atoms with Gasteiger partial charge in [0.1, 0.15) is 6.29 Å². The molecule has 1 atom stereocenters. The van der Waals surface area contributed by atoms with E-state index in [2.05, 4.69) is 4.74 Å². The van der Waals surface area contributed by atoms with E-state index in [4.69, 9.17) is 0 Å². The molecule has 0 bridgehead atoms. The zero-order chi connectivity index (χ0) is 16.2. The summed E-state index contributed by atoms with van der Waals surface area (Å²) in [5, 5.41) is 11.2. The number of nitro groups is 1. The van der Waals surface area contributed by atoms with E-state index in [-0.39, 0.29) is 11.1 Å². The fourth-order valence-electron chi connectivity index (χ4n) is 1.91. The second-order valence-corrected chi connectivity index (χ2v) is 4.96. The van der Waals surface area contributed by atoms with E-state index in [0.717, 1.165) is 13.2 Å². The Bertz CT molecular complexity index is 593. The van der Waals surface area contributed by atoms with E-state index < -0.39 is 27.9 Å². The third kappa shape index (κ3) is 3.31. The lowest BCUT2D eigenvalue weighted by Gasteiger charge is -2.23. The second kappa shape index (κ2) is 6.25. The number of carbonyl (C=O) groups excluding carboxylic acids is 3. The predicted molar refractivity (Wildman–Crippen MR) is 72.7 cm³/mol. The Hall–Kier alpha value is -2.57. The topological polar surface area (TPSA) is 104 Å². The second-order valence-electron chi connectivity index (χ2n) is 4.96. The Morgan fingerprint density at radius 3 is 2.52 bits per heavy atom. The van der Waals surface area contributed by atoms with Crippen LogP contribution in [0.3, 0.4) is 0 Å². The summed E-state index contributed by atoms with van der Waals surface area (Å²) in [6.45, 7) is 2.91. The molecule has 1 rings (SSSR count). The molecular formula is C14H14NO6. The minimum Gasteiger partial charge on any atom is -0.465 e. The fraction of sp³-hybridized carbons (Fsp3) is 0.357. The lowest BCUT2D eigenvalue weighted by atomic mass is 9.76. The normalized spacial score (nSPS) is 12.3. The Kier molecular flexibility index (Phi) is 4.91. The molecule has 0 aliphatic rings. The standard InChI is InChI=1S/C14H14NO6/c1-14(2,8-17)11(7-16)10-5-4-9(13(18)21-3)6-12(10)15(19)20/h4-7,11H,1-3H3. The summed E-state index contributed by atoms with van der Waals surface area (Å²) in [5.41, 5.74) is -1.60. The maximum Gasteiger partial charge on any atom is 0.338 e. The third-order valence-corrected chi connectivity index (χ3v) is 3.16. The van der Waals surface area contributed by atoms with Crippen LogP contribution in [0.1, 0.15) is 35.7 Å². The Balaban J connectivity index is 3.48. The summed E-state index contributed by atoms with van der Waals surface area (Å²) in [5.74, 6) is -1.77. The highest BCUT2D eigenvalue weighted by atomic mass is 16.6. The van der Waals surface area contributed by atoms with Crippen LogP contribution in [0, 0.1) is 15.5 Å². The summed E-state index contributed by atoms with van der Waals surface area (Å²) >= 11 is 0. The number of methoxy groups -OCH3 is 1. The van der Waals surface area contributed by atoms with E-state index in [1.165, 1.54) is 26.0 Å². The van der Waals surface area contributed by atoms with Gasteiger partial charge in [-0.1, -0.05) is 19.9 Å². The molecular weight excluding hydrogens is 278 g/mol. The molecule has 7 nitrogen and oxygen atoms in total. The highest BCUT2D eigenvalue weighted by Gasteiger charge is 2.36. The van der Waals surface area contributed by atoms with Gasteiger partial charge in [0, 0.05) is 17.0 Å². The van der Waals surface area contributed by atoms with Crippen LogP contribution in [0.4, 0.5) is 5.69 Å². The van der Waals surface area contributed by atoms with Crippen molar-refractivity contribution < 1.29 is 24.0 Å². The number of ether oxygens (including phenoxy) is 1. The van der Waals surface area contributed by atoms with Crippen molar-refractivity contribution in [3.8, 4) is 0 Å². The maximum atomic E-state index is 11.4. The van der Waals surface area contributed by atoms with Gasteiger partial charge in [-0.25, -0.2) is 4.79 Å². The van der Waals surface area contributed by atoms with Crippen LogP contribution in [0.5, 0.6) is 0 Å². The molecule has 7 heteroatoms. The van der Waals surface area contributed by atoms with Gasteiger partial charge in [-0.05, 0) is 6.07 Å². The number of nitro benzene ring substituents is 1. The number of hydrogen-bond acceptors (Lipinski definition) is 6. The highest BCUT2D eigenvalue weighted by molar-refractivity contribution is 5.90. The van der Waals surface area contributed by atoms with Crippen LogP contribution < -0.4 is 0 Å². The molecule has 1 aromatic rings. The molecule has 0 spiro atoms. The highest BCUT2D eigenvalue weighted by Crippen LogP contribution is 2.37. The smallest absolute Gasteiger partial charge is 0.338 e. The van der Waals surface area contributed by atoms with Crippen molar-refractivity contribution in [2.75, 3.05) is 7.11 Å². The van der Waals surface area contributed by atoms with E-state index in [1.807, 2.05) is 0 Å². The van der Waals surface area contributed by atoms with Crippen molar-refractivity contribution >= 4 is 24.2 Å². The molecule has 0 heterocycles. The summed E-state index contributed by atoms with van der Waals surface area (Å²) in [6.07, 6.45) is 2.17. The fourth-order valence-corrected chi connectivity index (χ4v) is 1.91. The van der Waals surface area contributed by atoms with Crippen LogP contribution in [0.2, 0.25) is 0 Å². The molecule has 1 radical (unpaired) electrons. The minimum absolute atomic E-state index is 0.00881. The molecule has 0 saturated heterocycles. The number of rotatable bonds is 6. The number of carbonyl (C=O) groups is 2. The average molecular weight is 292 g/mol. The van der Waals surface area contributed by atoms with E-state index in [0.29, 0.717) is 6.29 Å². The first kappa shape index (κ1) is 16.5. The Morgan fingerprint density at radius 1 is 1.48 bits per heavy atom. The van der Waals surface area contributed by atoms with E-state index in [1.54, 1.807) is 6.29 Å². The van der Waals surface area contributed by atoms with Gasteiger partial charge in [0.2, 0.25) is 6.29 Å². The molecule has 0 saturated carbocycles. The zero-order valence-electron chi connectivity index (χ0n) is 11.8. The molecule has 0 aromatic heterocycles. The molecule has 0 N–H and O–H groups in total. The van der Waals surface area contributed by atoms with Crippen LogP contribution in [-0.2, 0) is 14.3 Å². The first-order chi connectivity index (χ1) is 9.78. The SMILES string of the molecule is COC(=O)c1ccc(C(C=O)C(C)(C)[C]=O)c([N+](=O)[O-])c1. The molecule has 0 aliphatic carbocycles. The van der Waals surface area contributed by atoms with Crippen molar-refractivity contribution in [2.45, 2.75) is 19.8 Å². The van der Waals surface area contributed by atoms with Gasteiger partial charge in [0.25, 0.3) is 5.69 Å². The number of aldehydes is 1. The summed E-state index contributed by atoms with van der Waals surface area (Å²) in [4.78, 5) is 44.1. The maximum absolute atomic E-state index is 11.4. The monoisotopic (exact) mass is 292 g/mol. The first-order valence-corrected chi connectivity index (χ1v) is 5.99. The lowest BCUT2D eigenvalue weighted by molar-refractivity contribution is -0.385. The van der Waals surface area contributed by atoms with Gasteiger partial charge in [0.05, 0.1) is 23.5 Å². The molecule has 0 aliphatic heterocycles. The quantitative estimate of drug-likeness (QED) is 0.343. The van der Waals surface area contributed by atoms with Crippen molar-refractivity contribution in [1.82, 2.24) is 0 Å². The molecule has 1 unspecified atom stereocenters. The van der Waals surface area contributed by atoms with Gasteiger partial charge in [-0.3, -0.25) is 14.9 Å². The Morgan fingerprint density at radius 2 is 2.10 bits per heavy atom. The number of esters is 1. The molecule has 21 heavy (non-hydrogen) atoms. The van der Waals surface area contributed by atoms with Crippen molar-refractivity contribution in [3.63, 3.8) is 0 Å². The summed E-state index contributed by atoms with van der Waals surface area (Å²) in [6, 6.07) is 3.62. The van der Waals surface area contributed by atoms with Gasteiger partial charge >= 0.3 is 5.97 Å². The number of nitrogens with zero attached hydrogens (tertiary/aromatic N) is 1. The third-order valence-electron chi connectivity index (χ3n) is 3.16. The molecule has 0 fully saturated rings. The summed E-state index contributed by atoms with van der Waals surface area (Å²) < 4.78 is 4.49. The predicted octanol–water partition coefficient (Wildman–Crippen LogP) is 1.80. The Labute approximate surface area is 121 Å². The van der Waals surface area contributed by atoms with Crippen LogP contribution in [0.15, 0.2) is 18.2 Å². The van der Waals surface area contributed by atoms with Crippen molar-refractivity contribution in [3.05, 3.63) is 39.4 Å². The van der Waals surface area contributed by atoms with Crippen molar-refractivity contribution in [1.29, 1.82) is 0 Å². The van der Waals surface area contributed by atoms with Gasteiger partial charge < -0.3 is 9.53 Å². The van der Waals surface area contributed by atoms with Gasteiger partial charge in [0.15, 0.2) is 0 Å². The number of hydrogen-bond donors (Lipinski definition) is 0. The average Bonchev–Trinajstić information content (AvgIpc) is 2.46.